The van der Waals surface area contributed by atoms with E-state index in [1.165, 1.54) is 45.1 Å². The Morgan fingerprint density at radius 2 is 1.83 bits per heavy atom. The van der Waals surface area contributed by atoms with E-state index >= 15 is 0 Å². The van der Waals surface area contributed by atoms with E-state index in [2.05, 4.69) is 25.7 Å². The Kier molecular flexibility index (Phi) is 5.08. The normalized spacial score (nSPS) is 40.7. The van der Waals surface area contributed by atoms with Crippen LogP contribution in [-0.2, 0) is 0 Å². The van der Waals surface area contributed by atoms with Crippen LogP contribution in [0.5, 0.6) is 0 Å². The first-order valence-electron chi connectivity index (χ1n) is 8.07. The van der Waals surface area contributed by atoms with Crippen LogP contribution >= 0.6 is 0 Å². The summed E-state index contributed by atoms with van der Waals surface area (Å²) in [5.74, 6) is 2.62. The van der Waals surface area contributed by atoms with Gasteiger partial charge in [-0.25, -0.2) is 0 Å². The monoisotopic (exact) mass is 252 g/mol. The van der Waals surface area contributed by atoms with Crippen molar-refractivity contribution in [1.29, 1.82) is 0 Å². The summed E-state index contributed by atoms with van der Waals surface area (Å²) in [5, 5.41) is 0. The van der Waals surface area contributed by atoms with Gasteiger partial charge in [0.05, 0.1) is 0 Å². The molecule has 0 amide bonds. The molecular weight excluding hydrogens is 220 g/mol. The summed E-state index contributed by atoms with van der Waals surface area (Å²) < 4.78 is 0. The van der Waals surface area contributed by atoms with E-state index in [0.29, 0.717) is 6.04 Å². The zero-order valence-electron chi connectivity index (χ0n) is 12.6. The molecule has 2 rings (SSSR count). The average Bonchev–Trinajstić information content (AvgIpc) is 2.35. The smallest absolute Gasteiger partial charge is 0.0249 e. The largest absolute Gasteiger partial charge is 0.329 e. The van der Waals surface area contributed by atoms with Crippen molar-refractivity contribution < 1.29 is 0 Å². The maximum absolute atomic E-state index is 6.15. The molecular formula is C16H32N2. The quantitative estimate of drug-likeness (QED) is 0.835. The summed E-state index contributed by atoms with van der Waals surface area (Å²) >= 11 is 0. The molecule has 1 saturated heterocycles. The van der Waals surface area contributed by atoms with Gasteiger partial charge in [0.1, 0.15) is 0 Å². The van der Waals surface area contributed by atoms with Crippen molar-refractivity contribution in [3.8, 4) is 0 Å². The van der Waals surface area contributed by atoms with Crippen LogP contribution in [0.15, 0.2) is 0 Å². The Hall–Kier alpha value is -0.0800. The molecule has 0 aromatic rings. The minimum Gasteiger partial charge on any atom is -0.329 e. The first kappa shape index (κ1) is 14.3. The summed E-state index contributed by atoms with van der Waals surface area (Å²) in [6, 6.07) is 1.39. The second-order valence-corrected chi connectivity index (χ2v) is 7.06. The van der Waals surface area contributed by atoms with Crippen molar-refractivity contribution in [2.24, 2.45) is 23.5 Å². The highest BCUT2D eigenvalue weighted by atomic mass is 15.2. The molecule has 0 aromatic carbocycles. The van der Waals surface area contributed by atoms with E-state index in [9.17, 15) is 0 Å². The predicted octanol–water partition coefficient (Wildman–Crippen LogP) is 3.26. The molecule has 18 heavy (non-hydrogen) atoms. The molecule has 2 fully saturated rings. The molecule has 1 heterocycles. The minimum atomic E-state index is 0.644. The standard InChI is InChI=1S/C16H32N2/c1-12-5-4-6-15(9-12)16(10-17)18-11-13(2)7-8-14(18)3/h12-16H,4-11,17H2,1-3H3. The molecule has 2 N–H and O–H groups in total. The number of nitrogens with two attached hydrogens (primary N) is 1. The van der Waals surface area contributed by atoms with Crippen molar-refractivity contribution in [2.45, 2.75) is 71.4 Å². The maximum Gasteiger partial charge on any atom is 0.0249 e. The molecule has 0 spiro atoms. The summed E-state index contributed by atoms with van der Waals surface area (Å²) in [6.45, 7) is 9.35. The van der Waals surface area contributed by atoms with Crippen LogP contribution in [0.1, 0.15) is 59.3 Å². The SMILES string of the molecule is CC1CCCC(C(CN)N2CC(C)CCC2C)C1. The number of piperidine rings is 1. The molecule has 0 bridgehead atoms. The molecule has 1 aliphatic carbocycles. The Morgan fingerprint density at radius 3 is 2.50 bits per heavy atom. The lowest BCUT2D eigenvalue weighted by Crippen LogP contribution is -2.54. The van der Waals surface area contributed by atoms with Gasteiger partial charge in [-0.15, -0.1) is 0 Å². The highest BCUT2D eigenvalue weighted by molar-refractivity contribution is 4.89. The van der Waals surface area contributed by atoms with Crippen LogP contribution in [0.4, 0.5) is 0 Å². The molecule has 0 radical (unpaired) electrons. The van der Waals surface area contributed by atoms with Gasteiger partial charge in [0.25, 0.3) is 0 Å². The number of nitrogens with zero attached hydrogens (tertiary/aromatic N) is 1. The van der Waals surface area contributed by atoms with Gasteiger partial charge in [0.15, 0.2) is 0 Å². The topological polar surface area (TPSA) is 29.3 Å². The lowest BCUT2D eigenvalue weighted by Gasteiger charge is -2.46. The summed E-state index contributed by atoms with van der Waals surface area (Å²) in [6.07, 6.45) is 8.42. The van der Waals surface area contributed by atoms with Crippen molar-refractivity contribution in [1.82, 2.24) is 4.90 Å². The molecule has 1 aliphatic heterocycles. The van der Waals surface area contributed by atoms with Gasteiger partial charge in [-0.05, 0) is 50.4 Å². The second kappa shape index (κ2) is 6.38. The van der Waals surface area contributed by atoms with Gasteiger partial charge in [-0.2, -0.15) is 0 Å². The second-order valence-electron chi connectivity index (χ2n) is 7.06. The van der Waals surface area contributed by atoms with Gasteiger partial charge in [-0.1, -0.05) is 26.7 Å². The van der Waals surface area contributed by atoms with E-state index in [0.717, 1.165) is 30.3 Å². The number of rotatable bonds is 3. The van der Waals surface area contributed by atoms with Crippen LogP contribution in [0, 0.1) is 17.8 Å². The maximum atomic E-state index is 6.15. The number of likely N-dealkylation sites (tertiary alicyclic amines) is 1. The van der Waals surface area contributed by atoms with E-state index in [4.69, 9.17) is 5.73 Å². The van der Waals surface area contributed by atoms with Crippen LogP contribution in [0.25, 0.3) is 0 Å². The van der Waals surface area contributed by atoms with Crippen molar-refractivity contribution >= 4 is 0 Å². The first-order chi connectivity index (χ1) is 8.61. The highest BCUT2D eigenvalue weighted by Gasteiger charge is 2.34. The third-order valence-electron chi connectivity index (χ3n) is 5.35. The molecule has 2 heteroatoms. The highest BCUT2D eigenvalue weighted by Crippen LogP contribution is 2.35. The van der Waals surface area contributed by atoms with Crippen molar-refractivity contribution in [2.75, 3.05) is 13.1 Å². The Balaban J connectivity index is 2.01. The first-order valence-corrected chi connectivity index (χ1v) is 8.07. The third-order valence-corrected chi connectivity index (χ3v) is 5.35. The summed E-state index contributed by atoms with van der Waals surface area (Å²) in [5.41, 5.74) is 6.15. The van der Waals surface area contributed by atoms with Gasteiger partial charge in [0.2, 0.25) is 0 Å². The summed E-state index contributed by atoms with van der Waals surface area (Å²) in [4.78, 5) is 2.75. The third kappa shape index (κ3) is 3.27. The molecule has 2 aliphatic rings. The van der Waals surface area contributed by atoms with Crippen LogP contribution < -0.4 is 5.73 Å². The fourth-order valence-electron chi connectivity index (χ4n) is 4.21. The fourth-order valence-corrected chi connectivity index (χ4v) is 4.21. The minimum absolute atomic E-state index is 0.644. The number of hydrogen-bond acceptors (Lipinski definition) is 2. The lowest BCUT2D eigenvalue weighted by atomic mass is 9.77. The fraction of sp³-hybridized carbons (Fsp3) is 1.00. The van der Waals surface area contributed by atoms with Crippen molar-refractivity contribution in [3.05, 3.63) is 0 Å². The average molecular weight is 252 g/mol. The van der Waals surface area contributed by atoms with Crippen LogP contribution in [-0.4, -0.2) is 30.1 Å². The van der Waals surface area contributed by atoms with Gasteiger partial charge >= 0.3 is 0 Å². The van der Waals surface area contributed by atoms with E-state index in [-0.39, 0.29) is 0 Å². The number of hydrogen-bond donors (Lipinski definition) is 1. The van der Waals surface area contributed by atoms with Gasteiger partial charge in [0, 0.05) is 25.2 Å². The molecule has 5 unspecified atom stereocenters. The molecule has 5 atom stereocenters. The molecule has 1 saturated carbocycles. The Labute approximate surface area is 113 Å². The van der Waals surface area contributed by atoms with Crippen molar-refractivity contribution in [3.63, 3.8) is 0 Å². The van der Waals surface area contributed by atoms with Crippen LogP contribution in [0.3, 0.4) is 0 Å². The zero-order valence-corrected chi connectivity index (χ0v) is 12.6. The van der Waals surface area contributed by atoms with E-state index in [1.807, 2.05) is 0 Å². The van der Waals surface area contributed by atoms with Crippen LogP contribution in [0.2, 0.25) is 0 Å². The van der Waals surface area contributed by atoms with Gasteiger partial charge < -0.3 is 5.73 Å². The zero-order chi connectivity index (χ0) is 13.1. The molecule has 0 aromatic heterocycles. The van der Waals surface area contributed by atoms with E-state index in [1.54, 1.807) is 0 Å². The molecule has 106 valence electrons. The Morgan fingerprint density at radius 1 is 1.06 bits per heavy atom. The van der Waals surface area contributed by atoms with E-state index < -0.39 is 0 Å². The lowest BCUT2D eigenvalue weighted by molar-refractivity contribution is 0.0344. The summed E-state index contributed by atoms with van der Waals surface area (Å²) in [7, 11) is 0. The Bertz CT molecular complexity index is 253. The predicted molar refractivity (Wildman–Crippen MR) is 78.5 cm³/mol. The molecule has 2 nitrogen and oxygen atoms in total. The van der Waals surface area contributed by atoms with Gasteiger partial charge in [-0.3, -0.25) is 4.90 Å².